The van der Waals surface area contributed by atoms with Crippen LogP contribution in [0.2, 0.25) is 0 Å². The zero-order valence-electron chi connectivity index (χ0n) is 15.9. The van der Waals surface area contributed by atoms with Gasteiger partial charge >= 0.3 is 0 Å². The van der Waals surface area contributed by atoms with Gasteiger partial charge in [0.2, 0.25) is 5.91 Å². The summed E-state index contributed by atoms with van der Waals surface area (Å²) in [7, 11) is -1.97. The maximum Gasteiger partial charge on any atom is 0.246 e. The van der Waals surface area contributed by atoms with Gasteiger partial charge in [0.25, 0.3) is 0 Å². The standard InChI is InChI=1S/C19H25N3O4S/c1-19(2,27(24,25)15-6-4-5-7-15)18(23)20-17-12-16(21-22-17)13-8-10-14(26-3)11-9-13/h8-11,15H,4-7,12H2,1-3H3,(H,20,22,23). The smallest absolute Gasteiger partial charge is 0.246 e. The summed E-state index contributed by atoms with van der Waals surface area (Å²) in [6.45, 7) is 2.94. The predicted octanol–water partition coefficient (Wildman–Crippen LogP) is 2.45. The number of ether oxygens (including phenoxy) is 1. The summed E-state index contributed by atoms with van der Waals surface area (Å²) in [4.78, 5) is 12.7. The second-order valence-electron chi connectivity index (χ2n) is 7.41. The second-order valence-corrected chi connectivity index (χ2v) is 10.2. The van der Waals surface area contributed by atoms with Crippen LogP contribution in [0.15, 0.2) is 34.5 Å². The Morgan fingerprint density at radius 1 is 1.15 bits per heavy atom. The molecule has 7 nitrogen and oxygen atoms in total. The number of carbonyl (C=O) groups is 1. The molecule has 0 radical (unpaired) electrons. The molecule has 8 heteroatoms. The number of amides is 1. The molecule has 1 saturated carbocycles. The molecular weight excluding hydrogens is 366 g/mol. The van der Waals surface area contributed by atoms with Gasteiger partial charge in [0.05, 0.1) is 24.5 Å². The van der Waals surface area contributed by atoms with Crippen LogP contribution in [0.4, 0.5) is 0 Å². The lowest BCUT2D eigenvalue weighted by Crippen LogP contribution is -2.52. The Kier molecular flexibility index (Phi) is 5.37. The van der Waals surface area contributed by atoms with E-state index in [1.54, 1.807) is 7.11 Å². The van der Waals surface area contributed by atoms with Crippen molar-refractivity contribution in [2.75, 3.05) is 7.11 Å². The van der Waals surface area contributed by atoms with E-state index >= 15 is 0 Å². The number of amidine groups is 1. The van der Waals surface area contributed by atoms with Crippen LogP contribution in [-0.2, 0) is 14.6 Å². The van der Waals surface area contributed by atoms with Crippen LogP contribution in [0.25, 0.3) is 0 Å². The van der Waals surface area contributed by atoms with Gasteiger partial charge in [0, 0.05) is 0 Å². The van der Waals surface area contributed by atoms with Crippen LogP contribution in [0.3, 0.4) is 0 Å². The SMILES string of the molecule is COc1ccc(C2=NN=C(NC(=O)C(C)(C)S(=O)(=O)C3CCCC3)C2)cc1. The number of hydrogen-bond donors (Lipinski definition) is 1. The maximum atomic E-state index is 12.9. The summed E-state index contributed by atoms with van der Waals surface area (Å²) in [5.41, 5.74) is 1.59. The minimum Gasteiger partial charge on any atom is -0.497 e. The van der Waals surface area contributed by atoms with Gasteiger partial charge in [-0.2, -0.15) is 5.10 Å². The highest BCUT2D eigenvalue weighted by Crippen LogP contribution is 2.32. The van der Waals surface area contributed by atoms with Crippen molar-refractivity contribution in [2.24, 2.45) is 10.2 Å². The lowest BCUT2D eigenvalue weighted by atomic mass is 10.1. The number of carbonyl (C=O) groups excluding carboxylic acids is 1. The molecule has 0 saturated heterocycles. The Morgan fingerprint density at radius 3 is 2.37 bits per heavy atom. The molecule has 0 aromatic heterocycles. The summed E-state index contributed by atoms with van der Waals surface area (Å²) in [5, 5.41) is 10.4. The van der Waals surface area contributed by atoms with E-state index in [1.807, 2.05) is 24.3 Å². The predicted molar refractivity (Wildman–Crippen MR) is 105 cm³/mol. The third-order valence-electron chi connectivity index (χ3n) is 5.31. The Balaban J connectivity index is 1.65. The zero-order valence-corrected chi connectivity index (χ0v) is 16.7. The quantitative estimate of drug-likeness (QED) is 0.834. The van der Waals surface area contributed by atoms with Crippen LogP contribution in [0, 0.1) is 0 Å². The first-order valence-electron chi connectivity index (χ1n) is 9.08. The van der Waals surface area contributed by atoms with Gasteiger partial charge in [-0.1, -0.05) is 12.8 Å². The highest BCUT2D eigenvalue weighted by Gasteiger charge is 2.47. The number of nitrogens with zero attached hydrogens (tertiary/aromatic N) is 2. The molecule has 1 aromatic rings. The van der Waals surface area contributed by atoms with E-state index in [-0.39, 0.29) is 0 Å². The summed E-state index contributed by atoms with van der Waals surface area (Å²) >= 11 is 0. The lowest BCUT2D eigenvalue weighted by Gasteiger charge is -2.27. The van der Waals surface area contributed by atoms with E-state index in [4.69, 9.17) is 4.74 Å². The normalized spacial score (nSPS) is 18.2. The van der Waals surface area contributed by atoms with E-state index in [1.165, 1.54) is 13.8 Å². The average molecular weight is 391 g/mol. The summed E-state index contributed by atoms with van der Waals surface area (Å²) < 4.78 is 29.4. The minimum atomic E-state index is -3.57. The molecule has 1 amide bonds. The molecule has 0 atom stereocenters. The molecular formula is C19H25N3O4S. The van der Waals surface area contributed by atoms with Crippen LogP contribution in [-0.4, -0.2) is 43.0 Å². The highest BCUT2D eigenvalue weighted by molar-refractivity contribution is 7.94. The van der Waals surface area contributed by atoms with Crippen molar-refractivity contribution in [3.63, 3.8) is 0 Å². The Hall–Kier alpha value is -2.22. The molecule has 1 aliphatic carbocycles. The molecule has 0 unspecified atom stereocenters. The molecule has 1 heterocycles. The van der Waals surface area contributed by atoms with Gasteiger partial charge in [-0.25, -0.2) is 8.42 Å². The van der Waals surface area contributed by atoms with Gasteiger partial charge in [0.1, 0.15) is 16.3 Å². The minimum absolute atomic E-state index is 0.345. The zero-order chi connectivity index (χ0) is 19.7. The summed E-state index contributed by atoms with van der Waals surface area (Å²) in [5.74, 6) is 0.547. The van der Waals surface area contributed by atoms with Crippen LogP contribution in [0.5, 0.6) is 5.75 Å². The van der Waals surface area contributed by atoms with Crippen LogP contribution >= 0.6 is 0 Å². The number of hydrogen-bond acceptors (Lipinski definition) is 6. The summed E-state index contributed by atoms with van der Waals surface area (Å²) in [6.07, 6.45) is 3.40. The van der Waals surface area contributed by atoms with Gasteiger partial charge in [0.15, 0.2) is 9.84 Å². The van der Waals surface area contributed by atoms with Crippen molar-refractivity contribution < 1.29 is 17.9 Å². The summed E-state index contributed by atoms with van der Waals surface area (Å²) in [6, 6.07) is 7.39. The topological polar surface area (TPSA) is 97.2 Å². The maximum absolute atomic E-state index is 12.9. The van der Waals surface area contributed by atoms with Gasteiger partial charge in [-0.3, -0.25) is 4.79 Å². The molecule has 1 aliphatic heterocycles. The van der Waals surface area contributed by atoms with E-state index in [0.717, 1.165) is 24.2 Å². The Morgan fingerprint density at radius 2 is 1.78 bits per heavy atom. The van der Waals surface area contributed by atoms with Crippen molar-refractivity contribution in [2.45, 2.75) is 55.9 Å². The van der Waals surface area contributed by atoms with Crippen LogP contribution in [0.1, 0.15) is 51.5 Å². The van der Waals surface area contributed by atoms with Crippen molar-refractivity contribution in [3.8, 4) is 5.75 Å². The molecule has 0 bridgehead atoms. The van der Waals surface area contributed by atoms with E-state index in [2.05, 4.69) is 15.5 Å². The fourth-order valence-electron chi connectivity index (χ4n) is 3.39. The monoisotopic (exact) mass is 391 g/mol. The number of sulfone groups is 1. The largest absolute Gasteiger partial charge is 0.497 e. The van der Waals surface area contributed by atoms with E-state index in [0.29, 0.717) is 30.8 Å². The van der Waals surface area contributed by atoms with Crippen molar-refractivity contribution in [1.29, 1.82) is 0 Å². The van der Waals surface area contributed by atoms with Crippen LogP contribution < -0.4 is 10.1 Å². The molecule has 2 aliphatic rings. The second kappa shape index (κ2) is 7.42. The molecule has 27 heavy (non-hydrogen) atoms. The third-order valence-corrected chi connectivity index (χ3v) is 8.26. The molecule has 1 aromatic carbocycles. The molecule has 0 spiro atoms. The molecule has 1 fully saturated rings. The van der Waals surface area contributed by atoms with Crippen molar-refractivity contribution in [3.05, 3.63) is 29.8 Å². The molecule has 3 rings (SSSR count). The number of nitrogens with one attached hydrogen (secondary N) is 1. The van der Waals surface area contributed by atoms with Gasteiger partial charge in [-0.05, 0) is 56.5 Å². The van der Waals surface area contributed by atoms with Crippen molar-refractivity contribution >= 4 is 27.3 Å². The average Bonchev–Trinajstić information content (AvgIpc) is 3.34. The first-order valence-corrected chi connectivity index (χ1v) is 10.6. The first kappa shape index (κ1) is 19.5. The molecule has 1 N–H and O–H groups in total. The van der Waals surface area contributed by atoms with Gasteiger partial charge in [-0.15, -0.1) is 5.10 Å². The Labute approximate surface area is 159 Å². The van der Waals surface area contributed by atoms with Gasteiger partial charge < -0.3 is 10.1 Å². The number of benzene rings is 1. The molecule has 146 valence electrons. The number of methoxy groups -OCH3 is 1. The highest BCUT2D eigenvalue weighted by atomic mass is 32.2. The van der Waals surface area contributed by atoms with Crippen molar-refractivity contribution in [1.82, 2.24) is 5.32 Å². The fourth-order valence-corrected chi connectivity index (χ4v) is 5.49. The fraction of sp³-hybridized carbons (Fsp3) is 0.526. The Bertz CT molecular complexity index is 880. The number of rotatable bonds is 5. The van der Waals surface area contributed by atoms with E-state index in [9.17, 15) is 13.2 Å². The third kappa shape index (κ3) is 3.76. The first-order chi connectivity index (χ1) is 12.8. The lowest BCUT2D eigenvalue weighted by molar-refractivity contribution is -0.121. The van der Waals surface area contributed by atoms with E-state index < -0.39 is 25.7 Å².